The number of imidazole rings is 1. The Bertz CT molecular complexity index is 296. The Morgan fingerprint density at radius 1 is 1.64 bits per heavy atom. The normalized spacial score (nSPS) is 10.4. The predicted octanol–water partition coefficient (Wildman–Crippen LogP) is 2.23. The Morgan fingerprint density at radius 2 is 2.43 bits per heavy atom. The van der Waals surface area contributed by atoms with Crippen LogP contribution in [0.1, 0.15) is 30.4 Å². The third kappa shape index (κ3) is 2.87. The van der Waals surface area contributed by atoms with Crippen molar-refractivity contribution in [2.45, 2.75) is 26.3 Å². The lowest BCUT2D eigenvalue weighted by molar-refractivity contribution is 0.0975. The molecule has 1 aromatic heterocycles. The number of ketones is 1. The van der Waals surface area contributed by atoms with E-state index in [9.17, 15) is 4.79 Å². The molecule has 0 bridgehead atoms. The van der Waals surface area contributed by atoms with Crippen molar-refractivity contribution in [1.82, 2.24) is 9.55 Å². The van der Waals surface area contributed by atoms with Crippen LogP contribution in [0, 0.1) is 0 Å². The monoisotopic (exact) mass is 212 g/mol. The minimum atomic E-state index is 0.151. The summed E-state index contributed by atoms with van der Waals surface area (Å²) in [6.07, 6.45) is 7.19. The molecular weight excluding hydrogens is 196 g/mol. The first-order valence-corrected chi connectivity index (χ1v) is 6.22. The molecule has 78 valence electrons. The summed E-state index contributed by atoms with van der Waals surface area (Å²) in [6.45, 7) is 2.97. The largest absolute Gasteiger partial charge is 0.329 e. The maximum Gasteiger partial charge on any atom is 0.199 e. The van der Waals surface area contributed by atoms with Crippen LogP contribution in [0.2, 0.25) is 0 Å². The fraction of sp³-hybridized carbons (Fsp3) is 0.600. The lowest BCUT2D eigenvalue weighted by Crippen LogP contribution is -2.10. The van der Waals surface area contributed by atoms with E-state index in [0.29, 0.717) is 12.2 Å². The van der Waals surface area contributed by atoms with E-state index < -0.39 is 0 Å². The predicted molar refractivity (Wildman–Crippen MR) is 59.8 cm³/mol. The van der Waals surface area contributed by atoms with Gasteiger partial charge in [-0.25, -0.2) is 4.98 Å². The molecule has 0 aliphatic rings. The molecule has 0 aliphatic heterocycles. The van der Waals surface area contributed by atoms with Crippen LogP contribution in [-0.4, -0.2) is 27.3 Å². The molecule has 1 aromatic rings. The summed E-state index contributed by atoms with van der Waals surface area (Å²) in [5.41, 5.74) is 0. The summed E-state index contributed by atoms with van der Waals surface area (Å²) in [5, 5.41) is 0. The molecule has 0 saturated heterocycles. The van der Waals surface area contributed by atoms with Crippen molar-refractivity contribution in [1.29, 1.82) is 0 Å². The molecule has 0 unspecified atom stereocenters. The van der Waals surface area contributed by atoms with Crippen molar-refractivity contribution in [2.75, 3.05) is 12.0 Å². The van der Waals surface area contributed by atoms with E-state index in [2.05, 4.69) is 11.9 Å². The van der Waals surface area contributed by atoms with E-state index in [1.54, 1.807) is 18.0 Å². The molecule has 0 radical (unpaired) electrons. The summed E-state index contributed by atoms with van der Waals surface area (Å²) in [5.74, 6) is 1.64. The highest BCUT2D eigenvalue weighted by Crippen LogP contribution is 2.05. The Labute approximate surface area is 88.9 Å². The van der Waals surface area contributed by atoms with Crippen LogP contribution in [0.5, 0.6) is 0 Å². The molecule has 14 heavy (non-hydrogen) atoms. The zero-order valence-electron chi connectivity index (χ0n) is 8.69. The van der Waals surface area contributed by atoms with Gasteiger partial charge in [-0.2, -0.15) is 11.8 Å². The molecule has 0 aromatic carbocycles. The molecule has 0 spiro atoms. The summed E-state index contributed by atoms with van der Waals surface area (Å²) in [4.78, 5) is 15.8. The molecule has 0 N–H and O–H groups in total. The zero-order valence-corrected chi connectivity index (χ0v) is 9.51. The summed E-state index contributed by atoms with van der Waals surface area (Å²) < 4.78 is 1.93. The Kier molecular flexibility index (Phi) is 4.73. The van der Waals surface area contributed by atoms with Crippen LogP contribution in [-0.2, 0) is 6.54 Å². The number of aryl methyl sites for hydroxylation is 1. The minimum Gasteiger partial charge on any atom is -0.329 e. The second-order valence-corrected chi connectivity index (χ2v) is 4.10. The zero-order chi connectivity index (χ0) is 10.4. The number of Topliss-reactive ketones (excluding diaryl/α,β-unsaturated/α-hetero) is 1. The number of rotatable bonds is 6. The number of nitrogens with zero attached hydrogens (tertiary/aromatic N) is 2. The molecule has 0 atom stereocenters. The van der Waals surface area contributed by atoms with Crippen LogP contribution >= 0.6 is 11.8 Å². The Hall–Kier alpha value is -0.770. The van der Waals surface area contributed by atoms with E-state index in [0.717, 1.165) is 18.7 Å². The Balaban J connectivity index is 2.63. The fourth-order valence-electron chi connectivity index (χ4n) is 1.29. The molecule has 0 aliphatic carbocycles. The highest BCUT2D eigenvalue weighted by atomic mass is 32.2. The lowest BCUT2D eigenvalue weighted by atomic mass is 10.3. The number of hydrogen-bond donors (Lipinski definition) is 0. The fourth-order valence-corrected chi connectivity index (χ4v) is 1.68. The van der Waals surface area contributed by atoms with Crippen molar-refractivity contribution in [2.24, 2.45) is 0 Å². The van der Waals surface area contributed by atoms with Crippen molar-refractivity contribution in [3.8, 4) is 0 Å². The van der Waals surface area contributed by atoms with E-state index in [-0.39, 0.29) is 5.78 Å². The number of carbonyl (C=O) groups is 1. The van der Waals surface area contributed by atoms with Gasteiger partial charge in [-0.05, 0) is 12.7 Å². The SMILES string of the molecule is CCCn1ccnc1C(=O)CCSC. The van der Waals surface area contributed by atoms with Crippen molar-refractivity contribution in [3.05, 3.63) is 18.2 Å². The van der Waals surface area contributed by atoms with Gasteiger partial charge in [0.2, 0.25) is 0 Å². The smallest absolute Gasteiger partial charge is 0.199 e. The molecule has 1 heterocycles. The molecule has 0 fully saturated rings. The highest BCUT2D eigenvalue weighted by Gasteiger charge is 2.11. The Morgan fingerprint density at radius 3 is 3.07 bits per heavy atom. The van der Waals surface area contributed by atoms with E-state index in [1.807, 2.05) is 17.0 Å². The third-order valence-electron chi connectivity index (χ3n) is 1.96. The summed E-state index contributed by atoms with van der Waals surface area (Å²) >= 11 is 1.69. The lowest BCUT2D eigenvalue weighted by Gasteiger charge is -2.04. The standard InChI is InChI=1S/C10H16N2OS/c1-3-6-12-7-5-11-10(12)9(13)4-8-14-2/h5,7H,3-4,6,8H2,1-2H3. The first-order valence-electron chi connectivity index (χ1n) is 4.82. The van der Waals surface area contributed by atoms with Gasteiger partial charge < -0.3 is 4.57 Å². The quantitative estimate of drug-likeness (QED) is 0.678. The average Bonchev–Trinajstić information content (AvgIpc) is 2.63. The van der Waals surface area contributed by atoms with E-state index in [1.165, 1.54) is 0 Å². The van der Waals surface area contributed by atoms with E-state index >= 15 is 0 Å². The van der Waals surface area contributed by atoms with Crippen molar-refractivity contribution in [3.63, 3.8) is 0 Å². The second-order valence-electron chi connectivity index (χ2n) is 3.11. The second kappa shape index (κ2) is 5.86. The molecule has 3 nitrogen and oxygen atoms in total. The van der Waals surface area contributed by atoms with Gasteiger partial charge in [-0.3, -0.25) is 4.79 Å². The van der Waals surface area contributed by atoms with Gasteiger partial charge >= 0.3 is 0 Å². The summed E-state index contributed by atoms with van der Waals surface area (Å²) in [7, 11) is 0. The number of carbonyl (C=O) groups excluding carboxylic acids is 1. The van der Waals surface area contributed by atoms with Crippen LogP contribution < -0.4 is 0 Å². The topological polar surface area (TPSA) is 34.9 Å². The van der Waals surface area contributed by atoms with Crippen LogP contribution in [0.3, 0.4) is 0 Å². The molecule has 4 heteroatoms. The molecule has 0 amide bonds. The van der Waals surface area contributed by atoms with Crippen LogP contribution in [0.4, 0.5) is 0 Å². The van der Waals surface area contributed by atoms with Gasteiger partial charge in [0.1, 0.15) is 0 Å². The van der Waals surface area contributed by atoms with Crippen molar-refractivity contribution >= 4 is 17.5 Å². The van der Waals surface area contributed by atoms with Gasteiger partial charge in [0.15, 0.2) is 11.6 Å². The highest BCUT2D eigenvalue weighted by molar-refractivity contribution is 7.98. The van der Waals surface area contributed by atoms with Crippen LogP contribution in [0.25, 0.3) is 0 Å². The van der Waals surface area contributed by atoms with Crippen molar-refractivity contribution < 1.29 is 4.79 Å². The van der Waals surface area contributed by atoms with Crippen LogP contribution in [0.15, 0.2) is 12.4 Å². The van der Waals surface area contributed by atoms with Gasteiger partial charge in [-0.1, -0.05) is 6.92 Å². The number of hydrogen-bond acceptors (Lipinski definition) is 3. The minimum absolute atomic E-state index is 0.151. The van der Waals surface area contributed by atoms with Gasteiger partial charge in [-0.15, -0.1) is 0 Å². The van der Waals surface area contributed by atoms with Gasteiger partial charge in [0.25, 0.3) is 0 Å². The first-order chi connectivity index (χ1) is 6.79. The average molecular weight is 212 g/mol. The van der Waals surface area contributed by atoms with Gasteiger partial charge in [0.05, 0.1) is 0 Å². The number of aromatic nitrogens is 2. The van der Waals surface area contributed by atoms with E-state index in [4.69, 9.17) is 0 Å². The number of thioether (sulfide) groups is 1. The third-order valence-corrected chi connectivity index (χ3v) is 2.58. The summed E-state index contributed by atoms with van der Waals surface area (Å²) in [6, 6.07) is 0. The molecular formula is C10H16N2OS. The molecule has 0 saturated carbocycles. The molecule has 1 rings (SSSR count). The van der Waals surface area contributed by atoms with Gasteiger partial charge in [0, 0.05) is 31.1 Å². The maximum absolute atomic E-state index is 11.7. The maximum atomic E-state index is 11.7. The first kappa shape index (κ1) is 11.3.